The molecule has 0 heterocycles. The number of nitrogens with one attached hydrogen (secondary N) is 1. The zero-order valence-corrected chi connectivity index (χ0v) is 11.9. The summed E-state index contributed by atoms with van der Waals surface area (Å²) in [5.74, 6) is 0.200. The monoisotopic (exact) mass is 271 g/mol. The fraction of sp³-hybridized carbons (Fsp3) is 0.600. The zero-order chi connectivity index (χ0) is 14.3. The Bertz CT molecular complexity index is 353. The van der Waals surface area contributed by atoms with Gasteiger partial charge in [0.1, 0.15) is 5.75 Å². The molecule has 0 bridgehead atoms. The van der Waals surface area contributed by atoms with Gasteiger partial charge in [-0.05, 0) is 37.0 Å². The van der Waals surface area contributed by atoms with Crippen LogP contribution in [0, 0.1) is 0 Å². The molecule has 0 fully saturated rings. The summed E-state index contributed by atoms with van der Waals surface area (Å²) in [5.41, 5.74) is 1.24. The van der Waals surface area contributed by atoms with Crippen LogP contribution in [0.1, 0.15) is 45.6 Å². The summed E-state index contributed by atoms with van der Waals surface area (Å²) >= 11 is 0. The minimum atomic E-state index is -2.77. The molecule has 19 heavy (non-hydrogen) atoms. The van der Waals surface area contributed by atoms with E-state index in [1.54, 1.807) is 12.1 Å². The van der Waals surface area contributed by atoms with Gasteiger partial charge in [-0.3, -0.25) is 0 Å². The third-order valence-corrected chi connectivity index (χ3v) is 3.85. The van der Waals surface area contributed by atoms with E-state index in [4.69, 9.17) is 0 Å². The van der Waals surface area contributed by atoms with E-state index in [0.29, 0.717) is 0 Å². The first-order valence-corrected chi connectivity index (χ1v) is 6.84. The highest BCUT2D eigenvalue weighted by Crippen LogP contribution is 2.21. The lowest BCUT2D eigenvalue weighted by molar-refractivity contribution is -0.0498. The minimum Gasteiger partial charge on any atom is -0.435 e. The largest absolute Gasteiger partial charge is 0.435 e. The van der Waals surface area contributed by atoms with E-state index in [9.17, 15) is 8.78 Å². The molecule has 0 aliphatic heterocycles. The van der Waals surface area contributed by atoms with Crippen LogP contribution >= 0.6 is 0 Å². The molecule has 0 spiro atoms. The van der Waals surface area contributed by atoms with Gasteiger partial charge in [-0.2, -0.15) is 8.78 Å². The Morgan fingerprint density at radius 3 is 2.00 bits per heavy atom. The molecule has 0 amide bonds. The molecule has 0 unspecified atom stereocenters. The molecule has 0 atom stereocenters. The smallest absolute Gasteiger partial charge is 0.387 e. The molecular formula is C15H23F2NO. The quantitative estimate of drug-likeness (QED) is 0.759. The van der Waals surface area contributed by atoms with E-state index >= 15 is 0 Å². The highest BCUT2D eigenvalue weighted by atomic mass is 19.3. The van der Waals surface area contributed by atoms with Gasteiger partial charge in [0.05, 0.1) is 0 Å². The number of rotatable bonds is 8. The fourth-order valence-corrected chi connectivity index (χ4v) is 2.20. The molecule has 2 nitrogen and oxygen atoms in total. The third kappa shape index (κ3) is 4.78. The van der Waals surface area contributed by atoms with Crippen molar-refractivity contribution < 1.29 is 13.5 Å². The predicted octanol–water partition coefficient (Wildman–Crippen LogP) is 4.35. The average Bonchev–Trinajstić information content (AvgIpc) is 2.42. The van der Waals surface area contributed by atoms with E-state index in [-0.39, 0.29) is 11.3 Å². The number of hydrogen-bond donors (Lipinski definition) is 1. The molecule has 0 aliphatic carbocycles. The standard InChI is InChI=1S/C15H23F2NO/c1-4-15(5-2,6-3)18-11-12-7-9-13(10-8-12)19-14(16)17/h7-10,14,18H,4-6,11H2,1-3H3. The van der Waals surface area contributed by atoms with Crippen molar-refractivity contribution in [3.63, 3.8) is 0 Å². The third-order valence-electron chi connectivity index (χ3n) is 3.85. The molecule has 0 saturated carbocycles. The van der Waals surface area contributed by atoms with Gasteiger partial charge in [-0.1, -0.05) is 32.9 Å². The van der Waals surface area contributed by atoms with E-state index in [0.717, 1.165) is 31.4 Å². The highest BCUT2D eigenvalue weighted by Gasteiger charge is 2.22. The first-order valence-electron chi connectivity index (χ1n) is 6.84. The Balaban J connectivity index is 2.58. The van der Waals surface area contributed by atoms with E-state index < -0.39 is 6.61 Å². The number of alkyl halides is 2. The Hall–Kier alpha value is -1.16. The minimum absolute atomic E-state index is 0.165. The molecular weight excluding hydrogens is 248 g/mol. The predicted molar refractivity (Wildman–Crippen MR) is 73.5 cm³/mol. The van der Waals surface area contributed by atoms with Crippen LogP contribution in [-0.2, 0) is 6.54 Å². The number of halogens is 2. The lowest BCUT2D eigenvalue weighted by atomic mass is 9.89. The maximum absolute atomic E-state index is 12.0. The Morgan fingerprint density at radius 1 is 1.05 bits per heavy atom. The zero-order valence-electron chi connectivity index (χ0n) is 11.9. The number of benzene rings is 1. The molecule has 0 aliphatic rings. The lowest BCUT2D eigenvalue weighted by Gasteiger charge is -2.32. The maximum Gasteiger partial charge on any atom is 0.387 e. The van der Waals surface area contributed by atoms with Crippen molar-refractivity contribution in [1.82, 2.24) is 5.32 Å². The second-order valence-corrected chi connectivity index (χ2v) is 4.72. The molecule has 4 heteroatoms. The highest BCUT2D eigenvalue weighted by molar-refractivity contribution is 5.27. The molecule has 1 rings (SSSR count). The van der Waals surface area contributed by atoms with E-state index in [1.807, 2.05) is 12.1 Å². The van der Waals surface area contributed by atoms with Crippen molar-refractivity contribution in [3.8, 4) is 5.75 Å². The normalized spacial score (nSPS) is 11.9. The fourth-order valence-electron chi connectivity index (χ4n) is 2.20. The summed E-state index contributed by atoms with van der Waals surface area (Å²) < 4.78 is 28.4. The molecule has 0 saturated heterocycles. The number of ether oxygens (including phenoxy) is 1. The van der Waals surface area contributed by atoms with Gasteiger partial charge in [-0.25, -0.2) is 0 Å². The van der Waals surface area contributed by atoms with Gasteiger partial charge >= 0.3 is 6.61 Å². The van der Waals surface area contributed by atoms with Crippen LogP contribution in [0.15, 0.2) is 24.3 Å². The van der Waals surface area contributed by atoms with Crippen molar-refractivity contribution in [3.05, 3.63) is 29.8 Å². The van der Waals surface area contributed by atoms with Crippen LogP contribution in [0.3, 0.4) is 0 Å². The van der Waals surface area contributed by atoms with Crippen molar-refractivity contribution in [2.45, 2.75) is 58.7 Å². The van der Waals surface area contributed by atoms with E-state index in [2.05, 4.69) is 30.8 Å². The van der Waals surface area contributed by atoms with Gasteiger partial charge in [-0.15, -0.1) is 0 Å². The van der Waals surface area contributed by atoms with Gasteiger partial charge in [0.15, 0.2) is 0 Å². The molecule has 0 radical (unpaired) electrons. The molecule has 1 N–H and O–H groups in total. The molecule has 108 valence electrons. The summed E-state index contributed by atoms with van der Waals surface area (Å²) in [7, 11) is 0. The van der Waals surface area contributed by atoms with Gasteiger partial charge in [0, 0.05) is 12.1 Å². The summed E-state index contributed by atoms with van der Waals surface area (Å²) in [6.07, 6.45) is 3.23. The van der Waals surface area contributed by atoms with Crippen LogP contribution in [0.4, 0.5) is 8.78 Å². The van der Waals surface area contributed by atoms with Gasteiger partial charge in [0.2, 0.25) is 0 Å². The van der Waals surface area contributed by atoms with Crippen LogP contribution < -0.4 is 10.1 Å². The van der Waals surface area contributed by atoms with Crippen molar-refractivity contribution in [1.29, 1.82) is 0 Å². The SMILES string of the molecule is CCC(CC)(CC)NCc1ccc(OC(F)F)cc1. The lowest BCUT2D eigenvalue weighted by Crippen LogP contribution is -2.43. The van der Waals surface area contributed by atoms with Gasteiger partial charge in [0.25, 0.3) is 0 Å². The first-order chi connectivity index (χ1) is 9.05. The Morgan fingerprint density at radius 2 is 1.58 bits per heavy atom. The van der Waals surface area contributed by atoms with Crippen molar-refractivity contribution in [2.75, 3.05) is 0 Å². The van der Waals surface area contributed by atoms with Crippen molar-refractivity contribution in [2.24, 2.45) is 0 Å². The Kier molecular flexibility index (Phi) is 6.22. The second kappa shape index (κ2) is 7.43. The van der Waals surface area contributed by atoms with E-state index in [1.165, 1.54) is 0 Å². The summed E-state index contributed by atoms with van der Waals surface area (Å²) in [5, 5.41) is 3.57. The van der Waals surface area contributed by atoms with Crippen molar-refractivity contribution >= 4 is 0 Å². The average molecular weight is 271 g/mol. The molecule has 0 aromatic heterocycles. The number of hydrogen-bond acceptors (Lipinski definition) is 2. The molecule has 1 aromatic carbocycles. The topological polar surface area (TPSA) is 21.3 Å². The molecule has 1 aromatic rings. The summed E-state index contributed by atoms with van der Waals surface area (Å²) in [6, 6.07) is 6.79. The maximum atomic E-state index is 12.0. The summed E-state index contributed by atoms with van der Waals surface area (Å²) in [4.78, 5) is 0. The van der Waals surface area contributed by atoms with Gasteiger partial charge < -0.3 is 10.1 Å². The second-order valence-electron chi connectivity index (χ2n) is 4.72. The van der Waals surface area contributed by atoms with Crippen LogP contribution in [0.25, 0.3) is 0 Å². The summed E-state index contributed by atoms with van der Waals surface area (Å²) in [6.45, 7) is 4.51. The first kappa shape index (κ1) is 15.9. The Labute approximate surface area is 114 Å². The van der Waals surface area contributed by atoms with Crippen LogP contribution in [0.2, 0.25) is 0 Å². The van der Waals surface area contributed by atoms with Crippen LogP contribution in [-0.4, -0.2) is 12.2 Å². The van der Waals surface area contributed by atoms with Crippen LogP contribution in [0.5, 0.6) is 5.75 Å².